The number of carbonyl (C=O) groups is 2. The second-order valence-electron chi connectivity index (χ2n) is 7.03. The SMILES string of the molecule is CCNC(=O)Nc1nc2c(-c3ncccc3OC=O)cc(-c3ccc(COC)nc3)cc2[nH]1. The minimum Gasteiger partial charge on any atom is -0.426 e. The van der Waals surface area contributed by atoms with Crippen LogP contribution in [0.25, 0.3) is 33.4 Å². The number of nitrogens with one attached hydrogen (secondary N) is 3. The van der Waals surface area contributed by atoms with Crippen LogP contribution in [0.4, 0.5) is 10.7 Å². The van der Waals surface area contributed by atoms with Crippen molar-refractivity contribution >= 4 is 29.5 Å². The summed E-state index contributed by atoms with van der Waals surface area (Å²) in [7, 11) is 1.62. The Bertz CT molecular complexity index is 1290. The van der Waals surface area contributed by atoms with E-state index in [1.807, 2.05) is 31.2 Å². The van der Waals surface area contributed by atoms with Gasteiger partial charge in [-0.3, -0.25) is 20.1 Å². The third-order valence-electron chi connectivity index (χ3n) is 4.81. The predicted molar refractivity (Wildman–Crippen MR) is 123 cm³/mol. The highest BCUT2D eigenvalue weighted by atomic mass is 16.5. The first kappa shape index (κ1) is 21.9. The van der Waals surface area contributed by atoms with Gasteiger partial charge < -0.3 is 19.8 Å². The Labute approximate surface area is 189 Å². The van der Waals surface area contributed by atoms with Gasteiger partial charge in [-0.15, -0.1) is 0 Å². The molecule has 3 heterocycles. The van der Waals surface area contributed by atoms with E-state index in [9.17, 15) is 9.59 Å². The van der Waals surface area contributed by atoms with Crippen molar-refractivity contribution in [2.45, 2.75) is 13.5 Å². The van der Waals surface area contributed by atoms with Crippen LogP contribution in [0, 0.1) is 0 Å². The minimum absolute atomic E-state index is 0.275. The number of methoxy groups -OCH3 is 1. The topological polar surface area (TPSA) is 131 Å². The highest BCUT2D eigenvalue weighted by Gasteiger charge is 2.18. The van der Waals surface area contributed by atoms with Gasteiger partial charge in [-0.05, 0) is 42.8 Å². The van der Waals surface area contributed by atoms with Crippen molar-refractivity contribution in [2.24, 2.45) is 0 Å². The fourth-order valence-corrected chi connectivity index (χ4v) is 3.40. The van der Waals surface area contributed by atoms with Gasteiger partial charge in [-0.1, -0.05) is 6.07 Å². The summed E-state index contributed by atoms with van der Waals surface area (Å²) < 4.78 is 10.3. The second-order valence-corrected chi connectivity index (χ2v) is 7.03. The zero-order valence-electron chi connectivity index (χ0n) is 18.1. The highest BCUT2D eigenvalue weighted by molar-refractivity contribution is 5.99. The summed E-state index contributed by atoms with van der Waals surface area (Å²) in [6.07, 6.45) is 3.36. The molecule has 10 heteroatoms. The molecule has 0 unspecified atom stereocenters. The molecule has 0 atom stereocenters. The van der Waals surface area contributed by atoms with Gasteiger partial charge in [0.15, 0.2) is 5.75 Å². The number of amides is 2. The average Bonchev–Trinajstić information content (AvgIpc) is 3.22. The average molecular weight is 446 g/mol. The molecule has 0 radical (unpaired) electrons. The lowest BCUT2D eigenvalue weighted by Crippen LogP contribution is -2.28. The fraction of sp³-hybridized carbons (Fsp3) is 0.174. The highest BCUT2D eigenvalue weighted by Crippen LogP contribution is 2.36. The second kappa shape index (κ2) is 9.88. The third-order valence-corrected chi connectivity index (χ3v) is 4.81. The van der Waals surface area contributed by atoms with Crippen molar-refractivity contribution in [3.05, 3.63) is 54.5 Å². The molecule has 0 fully saturated rings. The number of aromatic nitrogens is 4. The van der Waals surface area contributed by atoms with Crippen LogP contribution < -0.4 is 15.4 Å². The summed E-state index contributed by atoms with van der Waals surface area (Å²) >= 11 is 0. The zero-order valence-corrected chi connectivity index (χ0v) is 18.1. The Balaban J connectivity index is 1.86. The van der Waals surface area contributed by atoms with Crippen molar-refractivity contribution in [1.29, 1.82) is 0 Å². The van der Waals surface area contributed by atoms with Crippen LogP contribution in [0.1, 0.15) is 12.6 Å². The summed E-state index contributed by atoms with van der Waals surface area (Å²) in [6.45, 7) is 3.07. The van der Waals surface area contributed by atoms with Gasteiger partial charge in [0.05, 0.1) is 17.8 Å². The number of benzene rings is 1. The number of fused-ring (bicyclic) bond motifs is 1. The summed E-state index contributed by atoms with van der Waals surface area (Å²) in [4.78, 5) is 39.5. The number of aromatic amines is 1. The minimum atomic E-state index is -0.376. The molecule has 2 amide bonds. The normalized spacial score (nSPS) is 10.7. The smallest absolute Gasteiger partial charge is 0.321 e. The van der Waals surface area contributed by atoms with E-state index in [0.717, 1.165) is 16.8 Å². The quantitative estimate of drug-likeness (QED) is 0.353. The van der Waals surface area contributed by atoms with Gasteiger partial charge in [0, 0.05) is 37.2 Å². The van der Waals surface area contributed by atoms with E-state index in [0.29, 0.717) is 47.7 Å². The van der Waals surface area contributed by atoms with Gasteiger partial charge in [0.25, 0.3) is 6.47 Å². The summed E-state index contributed by atoms with van der Waals surface area (Å²) in [5.74, 6) is 0.567. The van der Waals surface area contributed by atoms with Crippen molar-refractivity contribution in [3.63, 3.8) is 0 Å². The van der Waals surface area contributed by atoms with Crippen LogP contribution in [-0.4, -0.2) is 46.1 Å². The number of rotatable bonds is 8. The molecule has 33 heavy (non-hydrogen) atoms. The van der Waals surface area contributed by atoms with E-state index in [-0.39, 0.29) is 12.0 Å². The molecule has 0 bridgehead atoms. The lowest BCUT2D eigenvalue weighted by molar-refractivity contribution is -0.120. The maximum atomic E-state index is 12.0. The molecular formula is C23H22N6O4. The molecule has 1 aromatic carbocycles. The standard InChI is InChI=1S/C23H22N6O4/c1-3-24-23(31)29-22-27-18-10-15(14-6-7-16(12-32-2)26-11-14)9-17(20(18)28-22)21-19(33-13-30)5-4-8-25-21/h4-11,13H,3,12H2,1-2H3,(H3,24,27,28,29,31). The Morgan fingerprint density at radius 2 is 2.06 bits per heavy atom. The van der Waals surface area contributed by atoms with Crippen molar-refractivity contribution < 1.29 is 19.1 Å². The lowest BCUT2D eigenvalue weighted by atomic mass is 10.0. The monoisotopic (exact) mass is 446 g/mol. The first-order valence-electron chi connectivity index (χ1n) is 10.2. The number of carbonyl (C=O) groups excluding carboxylic acids is 2. The molecule has 0 aliphatic rings. The number of H-pyrrole nitrogens is 1. The summed E-state index contributed by atoms with van der Waals surface area (Å²) in [5.41, 5.74) is 4.80. The molecule has 168 valence electrons. The Kier molecular flexibility index (Phi) is 6.56. The first-order valence-corrected chi connectivity index (χ1v) is 10.2. The molecule has 0 saturated heterocycles. The fourth-order valence-electron chi connectivity index (χ4n) is 3.40. The van der Waals surface area contributed by atoms with E-state index in [2.05, 4.69) is 30.6 Å². The molecule has 0 saturated carbocycles. The van der Waals surface area contributed by atoms with Crippen molar-refractivity contribution in [1.82, 2.24) is 25.3 Å². The number of ether oxygens (including phenoxy) is 2. The maximum absolute atomic E-state index is 12.0. The zero-order chi connectivity index (χ0) is 23.2. The molecule has 10 nitrogen and oxygen atoms in total. The number of nitrogens with zero attached hydrogens (tertiary/aromatic N) is 3. The van der Waals surface area contributed by atoms with Crippen molar-refractivity contribution in [3.8, 4) is 28.1 Å². The Morgan fingerprint density at radius 1 is 1.18 bits per heavy atom. The van der Waals surface area contributed by atoms with Gasteiger partial charge in [-0.2, -0.15) is 0 Å². The van der Waals surface area contributed by atoms with Crippen LogP contribution >= 0.6 is 0 Å². The van der Waals surface area contributed by atoms with Gasteiger partial charge in [-0.25, -0.2) is 9.78 Å². The molecular weight excluding hydrogens is 424 g/mol. The van der Waals surface area contributed by atoms with Crippen LogP contribution in [-0.2, 0) is 16.1 Å². The Morgan fingerprint density at radius 3 is 2.79 bits per heavy atom. The van der Waals surface area contributed by atoms with Crippen LogP contribution in [0.5, 0.6) is 5.75 Å². The van der Waals surface area contributed by atoms with Crippen LogP contribution in [0.2, 0.25) is 0 Å². The summed E-state index contributed by atoms with van der Waals surface area (Å²) in [5, 5.41) is 5.34. The van der Waals surface area contributed by atoms with Gasteiger partial charge in [0.1, 0.15) is 11.2 Å². The first-order chi connectivity index (χ1) is 16.1. The number of anilines is 1. The number of urea groups is 1. The maximum Gasteiger partial charge on any atom is 0.321 e. The summed E-state index contributed by atoms with van der Waals surface area (Å²) in [6, 6.07) is 10.6. The molecule has 3 N–H and O–H groups in total. The molecule has 3 aromatic heterocycles. The number of imidazole rings is 1. The molecule has 0 aliphatic carbocycles. The lowest BCUT2D eigenvalue weighted by Gasteiger charge is -2.10. The van der Waals surface area contributed by atoms with Crippen molar-refractivity contribution in [2.75, 3.05) is 19.0 Å². The van der Waals surface area contributed by atoms with Gasteiger partial charge in [0.2, 0.25) is 5.95 Å². The van der Waals surface area contributed by atoms with E-state index < -0.39 is 0 Å². The van der Waals surface area contributed by atoms with E-state index >= 15 is 0 Å². The number of hydrogen-bond donors (Lipinski definition) is 3. The van der Waals surface area contributed by atoms with E-state index in [4.69, 9.17) is 9.47 Å². The molecule has 4 rings (SSSR count). The predicted octanol–water partition coefficient (Wildman–Crippen LogP) is 3.51. The number of pyridine rings is 2. The van der Waals surface area contributed by atoms with Crippen LogP contribution in [0.15, 0.2) is 48.8 Å². The van der Waals surface area contributed by atoms with E-state index in [1.54, 1.807) is 31.6 Å². The number of hydrogen-bond acceptors (Lipinski definition) is 7. The van der Waals surface area contributed by atoms with E-state index in [1.165, 1.54) is 0 Å². The van der Waals surface area contributed by atoms with Gasteiger partial charge >= 0.3 is 6.03 Å². The molecule has 0 aliphatic heterocycles. The Hall–Kier alpha value is -4.31. The van der Waals surface area contributed by atoms with Crippen LogP contribution in [0.3, 0.4) is 0 Å². The third kappa shape index (κ3) is 4.80. The molecule has 0 spiro atoms. The molecule has 4 aromatic rings. The largest absolute Gasteiger partial charge is 0.426 e.